The minimum atomic E-state index is -0.693. The highest BCUT2D eigenvalue weighted by atomic mass is 16.4. The molecule has 2 atom stereocenters. The zero-order chi connectivity index (χ0) is 13.5. The first kappa shape index (κ1) is 13.1. The Balaban J connectivity index is 2.40. The number of hydrogen-bond acceptors (Lipinski definition) is 1. The van der Waals surface area contributed by atoms with Crippen LogP contribution in [0.3, 0.4) is 0 Å². The molecule has 98 valence electrons. The lowest BCUT2D eigenvalue weighted by molar-refractivity contribution is -0.137. The Morgan fingerprint density at radius 1 is 1.33 bits per heavy atom. The summed E-state index contributed by atoms with van der Waals surface area (Å²) in [5.74, 6) is -0.0191. The Bertz CT molecular complexity index is 468. The van der Waals surface area contributed by atoms with Gasteiger partial charge in [-0.25, -0.2) is 0 Å². The summed E-state index contributed by atoms with van der Waals surface area (Å²) < 4.78 is 0. The summed E-state index contributed by atoms with van der Waals surface area (Å²) in [6.07, 6.45) is 1.22. The molecule has 2 heteroatoms. The van der Waals surface area contributed by atoms with E-state index in [1.807, 2.05) is 0 Å². The van der Waals surface area contributed by atoms with E-state index in [1.165, 1.54) is 16.7 Å². The SMILES string of the molecule is CC1CC(CC(=O)O)c2cc(C(C)(C)C)ccc21. The van der Waals surface area contributed by atoms with Gasteiger partial charge in [-0.15, -0.1) is 0 Å². The van der Waals surface area contributed by atoms with Crippen molar-refractivity contribution in [3.8, 4) is 0 Å². The smallest absolute Gasteiger partial charge is 0.303 e. The molecule has 1 N–H and O–H groups in total. The molecule has 2 rings (SSSR count). The topological polar surface area (TPSA) is 37.3 Å². The number of fused-ring (bicyclic) bond motifs is 1. The fourth-order valence-corrected chi connectivity index (χ4v) is 2.93. The van der Waals surface area contributed by atoms with Crippen LogP contribution in [0.1, 0.15) is 69.1 Å². The zero-order valence-corrected chi connectivity index (χ0v) is 11.7. The molecule has 0 spiro atoms. The average Bonchev–Trinajstić information content (AvgIpc) is 2.53. The van der Waals surface area contributed by atoms with Crippen LogP contribution in [-0.2, 0) is 10.2 Å². The number of carbonyl (C=O) groups is 1. The van der Waals surface area contributed by atoms with Crippen molar-refractivity contribution in [3.63, 3.8) is 0 Å². The van der Waals surface area contributed by atoms with Crippen LogP contribution in [0.25, 0.3) is 0 Å². The van der Waals surface area contributed by atoms with Gasteiger partial charge in [-0.3, -0.25) is 4.79 Å². The zero-order valence-electron chi connectivity index (χ0n) is 11.7. The van der Waals surface area contributed by atoms with Crippen LogP contribution in [0.2, 0.25) is 0 Å². The summed E-state index contributed by atoms with van der Waals surface area (Å²) in [7, 11) is 0. The van der Waals surface area contributed by atoms with Gasteiger partial charge in [0, 0.05) is 0 Å². The van der Waals surface area contributed by atoms with Crippen LogP contribution >= 0.6 is 0 Å². The van der Waals surface area contributed by atoms with Gasteiger partial charge < -0.3 is 5.11 Å². The summed E-state index contributed by atoms with van der Waals surface area (Å²) in [6, 6.07) is 6.62. The van der Waals surface area contributed by atoms with Crippen molar-refractivity contribution in [2.24, 2.45) is 0 Å². The van der Waals surface area contributed by atoms with Gasteiger partial charge in [0.2, 0.25) is 0 Å². The molecule has 0 saturated carbocycles. The first-order chi connectivity index (χ1) is 8.29. The van der Waals surface area contributed by atoms with E-state index in [2.05, 4.69) is 45.9 Å². The number of rotatable bonds is 2. The molecule has 18 heavy (non-hydrogen) atoms. The van der Waals surface area contributed by atoms with Gasteiger partial charge in [-0.2, -0.15) is 0 Å². The van der Waals surface area contributed by atoms with E-state index in [0.717, 1.165) is 6.42 Å². The van der Waals surface area contributed by atoms with Gasteiger partial charge in [0.05, 0.1) is 6.42 Å². The van der Waals surface area contributed by atoms with Gasteiger partial charge in [-0.05, 0) is 40.4 Å². The minimum absolute atomic E-state index is 0.120. The fraction of sp³-hybridized carbons (Fsp3) is 0.562. The number of carboxylic acid groups (broad SMARTS) is 1. The molecular weight excluding hydrogens is 224 g/mol. The predicted molar refractivity (Wildman–Crippen MR) is 73.2 cm³/mol. The second-order valence-electron chi connectivity index (χ2n) is 6.53. The molecule has 2 nitrogen and oxygen atoms in total. The summed E-state index contributed by atoms with van der Waals surface area (Å²) in [5, 5.41) is 9.01. The van der Waals surface area contributed by atoms with Crippen molar-refractivity contribution in [1.82, 2.24) is 0 Å². The second-order valence-corrected chi connectivity index (χ2v) is 6.53. The highest BCUT2D eigenvalue weighted by Crippen LogP contribution is 2.44. The number of benzene rings is 1. The Labute approximate surface area is 109 Å². The standard InChI is InChI=1S/C16H22O2/c1-10-7-11(8-15(17)18)14-9-12(16(2,3)4)5-6-13(10)14/h5-6,9-11H,7-8H2,1-4H3,(H,17,18). The second kappa shape index (κ2) is 4.42. The van der Waals surface area contributed by atoms with Crippen molar-refractivity contribution < 1.29 is 9.90 Å². The Morgan fingerprint density at radius 3 is 2.56 bits per heavy atom. The van der Waals surface area contributed by atoms with Crippen LogP contribution in [0.4, 0.5) is 0 Å². The maximum Gasteiger partial charge on any atom is 0.303 e. The average molecular weight is 246 g/mol. The van der Waals surface area contributed by atoms with E-state index in [-0.39, 0.29) is 17.8 Å². The van der Waals surface area contributed by atoms with Crippen molar-refractivity contribution in [2.45, 2.75) is 57.8 Å². The number of carboxylic acids is 1. The number of aliphatic carboxylic acids is 1. The quantitative estimate of drug-likeness (QED) is 0.854. The summed E-state index contributed by atoms with van der Waals surface area (Å²) >= 11 is 0. The van der Waals surface area contributed by atoms with E-state index >= 15 is 0 Å². The summed E-state index contributed by atoms with van der Waals surface area (Å²) in [5.41, 5.74) is 4.02. The highest BCUT2D eigenvalue weighted by molar-refractivity contribution is 5.68. The van der Waals surface area contributed by atoms with E-state index in [9.17, 15) is 4.79 Å². The molecule has 0 heterocycles. The molecule has 1 aromatic carbocycles. The van der Waals surface area contributed by atoms with Crippen LogP contribution in [0, 0.1) is 0 Å². The molecule has 1 aliphatic carbocycles. The third-order valence-corrected chi connectivity index (χ3v) is 3.98. The Morgan fingerprint density at radius 2 is 2.00 bits per heavy atom. The van der Waals surface area contributed by atoms with E-state index in [4.69, 9.17) is 5.11 Å². The third-order valence-electron chi connectivity index (χ3n) is 3.98. The van der Waals surface area contributed by atoms with E-state index in [1.54, 1.807) is 0 Å². The largest absolute Gasteiger partial charge is 0.481 e. The van der Waals surface area contributed by atoms with Crippen LogP contribution < -0.4 is 0 Å². The highest BCUT2D eigenvalue weighted by Gasteiger charge is 2.30. The predicted octanol–water partition coefficient (Wildman–Crippen LogP) is 4.05. The molecule has 0 fully saturated rings. The van der Waals surface area contributed by atoms with Crippen molar-refractivity contribution in [2.75, 3.05) is 0 Å². The summed E-state index contributed by atoms with van der Waals surface area (Å²) in [4.78, 5) is 11.0. The molecule has 0 radical (unpaired) electrons. The molecular formula is C16H22O2. The minimum Gasteiger partial charge on any atom is -0.481 e. The van der Waals surface area contributed by atoms with Crippen molar-refractivity contribution >= 4 is 5.97 Å². The van der Waals surface area contributed by atoms with Crippen LogP contribution in [0.5, 0.6) is 0 Å². The molecule has 0 aliphatic heterocycles. The monoisotopic (exact) mass is 246 g/mol. The Hall–Kier alpha value is -1.31. The molecule has 1 aliphatic rings. The van der Waals surface area contributed by atoms with Gasteiger partial charge in [-0.1, -0.05) is 45.9 Å². The molecule has 0 saturated heterocycles. The Kier molecular flexibility index (Phi) is 3.22. The van der Waals surface area contributed by atoms with Gasteiger partial charge >= 0.3 is 5.97 Å². The van der Waals surface area contributed by atoms with Gasteiger partial charge in [0.25, 0.3) is 0 Å². The molecule has 0 bridgehead atoms. The first-order valence-corrected chi connectivity index (χ1v) is 6.65. The molecule has 2 unspecified atom stereocenters. The maximum absolute atomic E-state index is 11.0. The lowest BCUT2D eigenvalue weighted by atomic mass is 9.84. The fourth-order valence-electron chi connectivity index (χ4n) is 2.93. The van der Waals surface area contributed by atoms with Crippen LogP contribution in [0.15, 0.2) is 18.2 Å². The van der Waals surface area contributed by atoms with Gasteiger partial charge in [0.1, 0.15) is 0 Å². The lowest BCUT2D eigenvalue weighted by Crippen LogP contribution is -2.12. The molecule has 0 amide bonds. The van der Waals surface area contributed by atoms with E-state index < -0.39 is 5.97 Å². The third kappa shape index (κ3) is 2.43. The van der Waals surface area contributed by atoms with Crippen LogP contribution in [-0.4, -0.2) is 11.1 Å². The lowest BCUT2D eigenvalue weighted by Gasteiger charge is -2.21. The molecule has 1 aromatic rings. The first-order valence-electron chi connectivity index (χ1n) is 6.65. The molecule has 0 aromatic heterocycles. The normalized spacial score (nSPS) is 22.9. The van der Waals surface area contributed by atoms with Gasteiger partial charge in [0.15, 0.2) is 0 Å². The summed E-state index contributed by atoms with van der Waals surface area (Å²) in [6.45, 7) is 8.77. The number of hydrogen-bond donors (Lipinski definition) is 1. The van der Waals surface area contributed by atoms with Crippen molar-refractivity contribution in [1.29, 1.82) is 0 Å². The van der Waals surface area contributed by atoms with Crippen molar-refractivity contribution in [3.05, 3.63) is 34.9 Å². The maximum atomic E-state index is 11.0. The van der Waals surface area contributed by atoms with E-state index in [0.29, 0.717) is 5.92 Å².